The van der Waals surface area contributed by atoms with E-state index >= 15 is 0 Å². The Balaban J connectivity index is 0.00000222. The first-order chi connectivity index (χ1) is 17.4. The van der Waals surface area contributed by atoms with E-state index in [9.17, 15) is 4.79 Å². The summed E-state index contributed by atoms with van der Waals surface area (Å²) in [5, 5.41) is 14.6. The number of benzene rings is 2. The molecule has 1 amide bonds. The van der Waals surface area contributed by atoms with Gasteiger partial charge in [-0.25, -0.2) is 9.97 Å². The summed E-state index contributed by atoms with van der Waals surface area (Å²) in [6, 6.07) is 16.6. The van der Waals surface area contributed by atoms with Crippen LogP contribution < -0.4 is 21.1 Å². The second-order valence-corrected chi connectivity index (χ2v) is 7.68. The van der Waals surface area contributed by atoms with Crippen LogP contribution in [0.3, 0.4) is 0 Å². The second kappa shape index (κ2) is 14.9. The molecule has 9 nitrogen and oxygen atoms in total. The maximum atomic E-state index is 11.9. The molecule has 5 N–H and O–H groups in total. The van der Waals surface area contributed by atoms with Gasteiger partial charge in [0.25, 0.3) is 0 Å². The summed E-state index contributed by atoms with van der Waals surface area (Å²) in [5.74, 6) is 1.85. The Morgan fingerprint density at radius 1 is 1.03 bits per heavy atom. The standard InChI is InChI=1S/C25H29N7O2.C2H6/c1-32(2)16-6-9-21(33)28-14-15-29-25-22(24(27)30-17-31-25)23(26)18-10-12-20(13-11-18)34-19-7-4-3-5-8-19;1-2/h3-13,17,26H,14-16H2,1-2H3,(H,28,33)(H3,27,29,30,31);1-2H3/b9-6+,26-23?;. The highest BCUT2D eigenvalue weighted by atomic mass is 16.5. The molecule has 0 fully saturated rings. The SMILES string of the molecule is CC.CN(C)C/C=C/C(=O)NCCNc1ncnc(N)c1C(=N)c1ccc(Oc2ccccc2)cc1. The first-order valence-electron chi connectivity index (χ1n) is 11.8. The minimum absolute atomic E-state index is 0.170. The number of nitrogens with two attached hydrogens (primary N) is 1. The van der Waals surface area contributed by atoms with E-state index in [4.69, 9.17) is 15.9 Å². The number of amides is 1. The molecule has 190 valence electrons. The lowest BCUT2D eigenvalue weighted by atomic mass is 10.0. The molecule has 1 aromatic heterocycles. The Hall–Kier alpha value is -4.24. The third-order valence-corrected chi connectivity index (χ3v) is 4.70. The molecule has 0 aliphatic rings. The van der Waals surface area contributed by atoms with Crippen LogP contribution in [-0.4, -0.2) is 60.2 Å². The van der Waals surface area contributed by atoms with Gasteiger partial charge in [-0.3, -0.25) is 10.2 Å². The number of nitrogens with zero attached hydrogens (tertiary/aromatic N) is 3. The second-order valence-electron chi connectivity index (χ2n) is 7.68. The fraction of sp³-hybridized carbons (Fsp3) is 0.259. The average Bonchev–Trinajstić information content (AvgIpc) is 2.88. The molecule has 0 aliphatic carbocycles. The number of hydrogen-bond acceptors (Lipinski definition) is 8. The zero-order valence-corrected chi connectivity index (χ0v) is 21.3. The van der Waals surface area contributed by atoms with Gasteiger partial charge in [0.2, 0.25) is 5.91 Å². The molecule has 0 unspecified atom stereocenters. The van der Waals surface area contributed by atoms with Crippen molar-refractivity contribution in [3.8, 4) is 11.5 Å². The first kappa shape index (κ1) is 28.0. The number of rotatable bonds is 11. The molecule has 0 saturated heterocycles. The van der Waals surface area contributed by atoms with Crippen LogP contribution >= 0.6 is 0 Å². The Kier molecular flexibility index (Phi) is 11.6. The van der Waals surface area contributed by atoms with Crippen LogP contribution in [0, 0.1) is 5.41 Å². The number of hydrogen-bond donors (Lipinski definition) is 4. The number of anilines is 2. The smallest absolute Gasteiger partial charge is 0.243 e. The van der Waals surface area contributed by atoms with Crippen LogP contribution in [0.25, 0.3) is 0 Å². The summed E-state index contributed by atoms with van der Waals surface area (Å²) in [4.78, 5) is 22.1. The Labute approximate surface area is 212 Å². The van der Waals surface area contributed by atoms with Gasteiger partial charge in [0.05, 0.1) is 11.3 Å². The van der Waals surface area contributed by atoms with E-state index in [-0.39, 0.29) is 17.4 Å². The third-order valence-electron chi connectivity index (χ3n) is 4.70. The maximum absolute atomic E-state index is 11.9. The number of nitrogen functional groups attached to an aromatic ring is 1. The Morgan fingerprint density at radius 3 is 2.36 bits per heavy atom. The van der Waals surface area contributed by atoms with Crippen molar-refractivity contribution in [2.24, 2.45) is 0 Å². The lowest BCUT2D eigenvalue weighted by Gasteiger charge is -2.14. The molecule has 0 radical (unpaired) electrons. The summed E-state index contributed by atoms with van der Waals surface area (Å²) >= 11 is 0. The third kappa shape index (κ3) is 8.84. The summed E-state index contributed by atoms with van der Waals surface area (Å²) in [7, 11) is 3.86. The van der Waals surface area contributed by atoms with E-state index in [2.05, 4.69) is 20.6 Å². The van der Waals surface area contributed by atoms with E-state index < -0.39 is 0 Å². The average molecular weight is 490 g/mol. The molecule has 3 aromatic rings. The van der Waals surface area contributed by atoms with Gasteiger partial charge in [-0.1, -0.05) is 38.1 Å². The molecule has 36 heavy (non-hydrogen) atoms. The molecule has 2 aromatic carbocycles. The highest BCUT2D eigenvalue weighted by molar-refractivity contribution is 6.16. The largest absolute Gasteiger partial charge is 0.457 e. The van der Waals surface area contributed by atoms with E-state index in [1.165, 1.54) is 12.4 Å². The van der Waals surface area contributed by atoms with Gasteiger partial charge >= 0.3 is 0 Å². The number of carbonyl (C=O) groups excluding carboxylic acids is 1. The number of likely N-dealkylation sites (N-methyl/N-ethyl adjacent to an activating group) is 1. The zero-order chi connectivity index (χ0) is 26.3. The molecule has 0 bridgehead atoms. The molecule has 0 saturated carbocycles. The van der Waals surface area contributed by atoms with Crippen molar-refractivity contribution >= 4 is 23.3 Å². The van der Waals surface area contributed by atoms with Gasteiger partial charge in [-0.05, 0) is 50.5 Å². The number of aromatic nitrogens is 2. The van der Waals surface area contributed by atoms with Gasteiger partial charge in [0.1, 0.15) is 29.5 Å². The predicted molar refractivity (Wildman–Crippen MR) is 146 cm³/mol. The van der Waals surface area contributed by atoms with Crippen molar-refractivity contribution in [3.05, 3.63) is 84.2 Å². The van der Waals surface area contributed by atoms with Crippen LogP contribution in [-0.2, 0) is 4.79 Å². The fourth-order valence-electron chi connectivity index (χ4n) is 3.03. The van der Waals surface area contributed by atoms with E-state index in [1.54, 1.807) is 30.3 Å². The molecule has 0 aliphatic heterocycles. The van der Waals surface area contributed by atoms with Crippen molar-refractivity contribution in [2.75, 3.05) is 44.8 Å². The highest BCUT2D eigenvalue weighted by Gasteiger charge is 2.16. The monoisotopic (exact) mass is 489 g/mol. The zero-order valence-electron chi connectivity index (χ0n) is 21.3. The Bertz CT molecular complexity index is 1130. The Morgan fingerprint density at radius 2 is 1.69 bits per heavy atom. The number of para-hydroxylation sites is 1. The van der Waals surface area contributed by atoms with Crippen molar-refractivity contribution < 1.29 is 9.53 Å². The molecule has 3 rings (SSSR count). The molecular formula is C27H35N7O2. The van der Waals surface area contributed by atoms with Crippen molar-refractivity contribution in [3.63, 3.8) is 0 Å². The summed E-state index contributed by atoms with van der Waals surface area (Å²) in [5.41, 5.74) is 7.31. The van der Waals surface area contributed by atoms with Crippen LogP contribution in [0.5, 0.6) is 11.5 Å². The van der Waals surface area contributed by atoms with Gasteiger partial charge in [0.15, 0.2) is 0 Å². The van der Waals surface area contributed by atoms with Gasteiger partial charge in [-0.2, -0.15) is 0 Å². The van der Waals surface area contributed by atoms with E-state index in [1.807, 2.05) is 63.2 Å². The number of carbonyl (C=O) groups is 1. The predicted octanol–water partition coefficient (Wildman–Crippen LogP) is 3.94. The molecule has 1 heterocycles. The summed E-state index contributed by atoms with van der Waals surface area (Å²) in [6.07, 6.45) is 4.65. The molecule has 9 heteroatoms. The number of nitrogens with one attached hydrogen (secondary N) is 3. The van der Waals surface area contributed by atoms with Crippen LogP contribution in [0.2, 0.25) is 0 Å². The maximum Gasteiger partial charge on any atom is 0.243 e. The van der Waals surface area contributed by atoms with Crippen LogP contribution in [0.4, 0.5) is 11.6 Å². The highest BCUT2D eigenvalue weighted by Crippen LogP contribution is 2.25. The number of ether oxygens (including phenoxy) is 1. The van der Waals surface area contributed by atoms with Crippen molar-refractivity contribution in [1.29, 1.82) is 5.41 Å². The van der Waals surface area contributed by atoms with Gasteiger partial charge in [0, 0.05) is 31.3 Å². The summed E-state index contributed by atoms with van der Waals surface area (Å²) < 4.78 is 5.81. The van der Waals surface area contributed by atoms with Gasteiger partial charge < -0.3 is 26.0 Å². The van der Waals surface area contributed by atoms with Crippen LogP contribution in [0.15, 0.2) is 73.1 Å². The lowest BCUT2D eigenvalue weighted by Crippen LogP contribution is -2.28. The fourth-order valence-corrected chi connectivity index (χ4v) is 3.03. The van der Waals surface area contributed by atoms with Gasteiger partial charge in [-0.15, -0.1) is 0 Å². The normalized spacial score (nSPS) is 10.5. The van der Waals surface area contributed by atoms with Crippen LogP contribution in [0.1, 0.15) is 25.0 Å². The topological polar surface area (TPSA) is 129 Å². The first-order valence-corrected chi connectivity index (χ1v) is 11.8. The molecule has 0 atom stereocenters. The molecule has 0 spiro atoms. The minimum atomic E-state index is -0.170. The molecular weight excluding hydrogens is 454 g/mol. The quantitative estimate of drug-likeness (QED) is 0.182. The van der Waals surface area contributed by atoms with E-state index in [0.29, 0.717) is 42.3 Å². The van der Waals surface area contributed by atoms with Crippen molar-refractivity contribution in [2.45, 2.75) is 13.8 Å². The minimum Gasteiger partial charge on any atom is -0.457 e. The van der Waals surface area contributed by atoms with Crippen molar-refractivity contribution in [1.82, 2.24) is 20.2 Å². The van der Waals surface area contributed by atoms with E-state index in [0.717, 1.165) is 5.75 Å². The lowest BCUT2D eigenvalue weighted by molar-refractivity contribution is -0.116. The summed E-state index contributed by atoms with van der Waals surface area (Å²) in [6.45, 7) is 5.48.